The first-order chi connectivity index (χ1) is 11.2. The number of hydrazine groups is 1. The fourth-order valence-corrected chi connectivity index (χ4v) is 1.45. The van der Waals surface area contributed by atoms with Crippen LogP contribution in [0.5, 0.6) is 0 Å². The quantitative estimate of drug-likeness (QED) is 0.245. The highest BCUT2D eigenvalue weighted by molar-refractivity contribution is 5.96. The number of rotatable bonds is 2. The van der Waals surface area contributed by atoms with Crippen LogP contribution in [0.4, 0.5) is 17.8 Å². The monoisotopic (exact) mass is 314 g/mol. The number of anilines is 2. The standard InChI is InChI=1S/C7H6N16/c8-1-2-11-3(9)23(21-2)7-19-16-5(17-20-7)12-4-13-6(15-14-4)18-22-10/h(H,19,20)(H2,9,11,21)(H3,12,13,14,15,16,17). The second kappa shape index (κ2) is 5.55. The summed E-state index contributed by atoms with van der Waals surface area (Å²) in [6.07, 6.45) is 0. The lowest BCUT2D eigenvalue weighted by Gasteiger charge is -2.16. The van der Waals surface area contributed by atoms with Gasteiger partial charge in [-0.2, -0.15) is 25.0 Å². The first-order valence-corrected chi connectivity index (χ1v) is 5.75. The molecule has 0 atom stereocenters. The zero-order valence-corrected chi connectivity index (χ0v) is 11.0. The molecule has 0 aliphatic carbocycles. The van der Waals surface area contributed by atoms with Crippen molar-refractivity contribution in [1.82, 2.24) is 40.8 Å². The number of aromatic nitrogens is 6. The van der Waals surface area contributed by atoms with Crippen molar-refractivity contribution in [3.63, 3.8) is 0 Å². The molecule has 0 fully saturated rings. The van der Waals surface area contributed by atoms with Gasteiger partial charge >= 0.3 is 0 Å². The number of nitrogens with two attached hydrogens (primary N) is 1. The van der Waals surface area contributed by atoms with Crippen LogP contribution in [0.3, 0.4) is 0 Å². The molecule has 0 unspecified atom stereocenters. The minimum atomic E-state index is -0.105. The summed E-state index contributed by atoms with van der Waals surface area (Å²) in [4.78, 5) is 10.1. The van der Waals surface area contributed by atoms with Gasteiger partial charge in [0.15, 0.2) is 0 Å². The molecule has 0 aromatic carbocycles. The van der Waals surface area contributed by atoms with Gasteiger partial charge in [0, 0.05) is 4.91 Å². The number of nitrogens with one attached hydrogen (secondary N) is 4. The third kappa shape index (κ3) is 2.74. The number of nitriles is 1. The highest BCUT2D eigenvalue weighted by Gasteiger charge is 2.16. The molecule has 6 N–H and O–H groups in total. The van der Waals surface area contributed by atoms with E-state index in [1.807, 2.05) is 0 Å². The van der Waals surface area contributed by atoms with Crippen molar-refractivity contribution in [2.45, 2.75) is 0 Å². The molecular formula is C7H6N16. The van der Waals surface area contributed by atoms with Crippen molar-refractivity contribution in [2.24, 2.45) is 15.3 Å². The van der Waals surface area contributed by atoms with Crippen molar-refractivity contribution >= 4 is 29.8 Å². The second-order valence-corrected chi connectivity index (χ2v) is 3.74. The zero-order valence-electron chi connectivity index (χ0n) is 11.0. The van der Waals surface area contributed by atoms with E-state index in [1.165, 1.54) is 0 Å². The molecule has 0 saturated heterocycles. The van der Waals surface area contributed by atoms with E-state index in [2.05, 4.69) is 61.7 Å². The summed E-state index contributed by atoms with van der Waals surface area (Å²) in [5.41, 5.74) is 19.2. The zero-order chi connectivity index (χ0) is 16.2. The molecule has 0 amide bonds. The maximum atomic E-state index is 8.72. The van der Waals surface area contributed by atoms with E-state index in [0.29, 0.717) is 0 Å². The van der Waals surface area contributed by atoms with Crippen LogP contribution in [0.1, 0.15) is 5.82 Å². The van der Waals surface area contributed by atoms with Crippen molar-refractivity contribution < 1.29 is 0 Å². The molecular weight excluding hydrogens is 308 g/mol. The summed E-state index contributed by atoms with van der Waals surface area (Å²) in [5.74, 6) is 0.225. The number of aromatic amines is 1. The molecule has 2 aromatic heterocycles. The maximum absolute atomic E-state index is 8.72. The van der Waals surface area contributed by atoms with Gasteiger partial charge in [-0.1, -0.05) is 0 Å². The van der Waals surface area contributed by atoms with Crippen molar-refractivity contribution in [1.29, 1.82) is 5.26 Å². The Labute approximate surface area is 125 Å². The average Bonchev–Trinajstić information content (AvgIpc) is 3.15. The SMILES string of the molecule is N#Cc1nc(N)n(C2=NN=C(Nc3nc(N=[N+]=[N-])n[nH]3)NN2)n1. The topological polar surface area (TPSA) is 232 Å². The van der Waals surface area contributed by atoms with Gasteiger partial charge < -0.3 is 5.73 Å². The van der Waals surface area contributed by atoms with Gasteiger partial charge in [-0.25, -0.2) is 5.10 Å². The Hall–Kier alpha value is -4.38. The van der Waals surface area contributed by atoms with E-state index in [-0.39, 0.29) is 35.6 Å². The predicted octanol–water partition coefficient (Wildman–Crippen LogP) is -1.51. The lowest BCUT2D eigenvalue weighted by molar-refractivity contribution is 0.752. The lowest BCUT2D eigenvalue weighted by Crippen LogP contribution is -2.50. The normalized spacial score (nSPS) is 12.8. The molecule has 3 heterocycles. The summed E-state index contributed by atoms with van der Waals surface area (Å²) in [5, 5.41) is 32.2. The van der Waals surface area contributed by atoms with Crippen LogP contribution in [0, 0.1) is 11.3 Å². The Balaban J connectivity index is 1.75. The Kier molecular flexibility index (Phi) is 3.28. The molecule has 23 heavy (non-hydrogen) atoms. The fourth-order valence-electron chi connectivity index (χ4n) is 1.45. The van der Waals surface area contributed by atoms with E-state index < -0.39 is 0 Å². The Morgan fingerprint density at radius 2 is 2.22 bits per heavy atom. The van der Waals surface area contributed by atoms with Gasteiger partial charge in [-0.3, -0.25) is 16.2 Å². The predicted molar refractivity (Wildman–Crippen MR) is 74.5 cm³/mol. The van der Waals surface area contributed by atoms with Crippen molar-refractivity contribution in [3.8, 4) is 6.07 Å². The molecule has 16 heteroatoms. The van der Waals surface area contributed by atoms with Gasteiger partial charge in [0.05, 0.1) is 0 Å². The summed E-state index contributed by atoms with van der Waals surface area (Å²) >= 11 is 0. The van der Waals surface area contributed by atoms with Crippen molar-refractivity contribution in [2.75, 3.05) is 11.1 Å². The number of azide groups is 1. The molecule has 3 rings (SSSR count). The molecule has 16 nitrogen and oxygen atoms in total. The second-order valence-electron chi connectivity index (χ2n) is 3.74. The Bertz CT molecular complexity index is 882. The number of hydrogen-bond donors (Lipinski definition) is 5. The summed E-state index contributed by atoms with van der Waals surface area (Å²) < 4.78 is 1.10. The first-order valence-electron chi connectivity index (χ1n) is 5.75. The van der Waals surface area contributed by atoms with E-state index >= 15 is 0 Å². The van der Waals surface area contributed by atoms with E-state index in [1.54, 1.807) is 6.07 Å². The minimum absolute atomic E-state index is 0.0320. The number of nitrogen functional groups attached to an aromatic ring is 1. The molecule has 0 radical (unpaired) electrons. The third-order valence-corrected chi connectivity index (χ3v) is 2.31. The Morgan fingerprint density at radius 1 is 1.35 bits per heavy atom. The summed E-state index contributed by atoms with van der Waals surface area (Å²) in [6.45, 7) is 0. The molecule has 114 valence electrons. The van der Waals surface area contributed by atoms with E-state index in [0.717, 1.165) is 4.68 Å². The number of H-pyrrole nitrogens is 1. The van der Waals surface area contributed by atoms with Gasteiger partial charge in [-0.05, 0) is 10.6 Å². The molecule has 0 bridgehead atoms. The maximum Gasteiger partial charge on any atom is 0.266 e. The smallest absolute Gasteiger partial charge is 0.266 e. The van der Waals surface area contributed by atoms with Crippen LogP contribution >= 0.6 is 0 Å². The molecule has 1 aliphatic rings. The highest BCUT2D eigenvalue weighted by Crippen LogP contribution is 2.07. The fraction of sp³-hybridized carbons (Fsp3) is 0. The van der Waals surface area contributed by atoms with Crippen LogP contribution in [0.15, 0.2) is 15.3 Å². The number of guanidine groups is 1. The van der Waals surface area contributed by atoms with Crippen LogP contribution < -0.4 is 21.9 Å². The average molecular weight is 314 g/mol. The van der Waals surface area contributed by atoms with Gasteiger partial charge in [0.2, 0.25) is 23.8 Å². The Morgan fingerprint density at radius 3 is 2.87 bits per heavy atom. The first kappa shape index (κ1) is 13.6. The van der Waals surface area contributed by atoms with E-state index in [9.17, 15) is 0 Å². The lowest BCUT2D eigenvalue weighted by atomic mass is 10.7. The number of hydrogen-bond acceptors (Lipinski definition) is 12. The largest absolute Gasteiger partial charge is 0.368 e. The van der Waals surface area contributed by atoms with Crippen LogP contribution in [-0.4, -0.2) is 41.9 Å². The van der Waals surface area contributed by atoms with Gasteiger partial charge in [0.1, 0.15) is 6.07 Å². The van der Waals surface area contributed by atoms with Crippen LogP contribution in [-0.2, 0) is 0 Å². The number of nitrogens with zero attached hydrogens (tertiary/aromatic N) is 11. The van der Waals surface area contributed by atoms with Gasteiger partial charge in [0.25, 0.3) is 11.8 Å². The summed E-state index contributed by atoms with van der Waals surface area (Å²) in [6, 6.07) is 1.75. The molecule has 0 saturated carbocycles. The van der Waals surface area contributed by atoms with Crippen LogP contribution in [0.25, 0.3) is 10.4 Å². The highest BCUT2D eigenvalue weighted by atomic mass is 15.6. The third-order valence-electron chi connectivity index (χ3n) is 2.31. The summed E-state index contributed by atoms with van der Waals surface area (Å²) in [7, 11) is 0. The molecule has 1 aliphatic heterocycles. The molecule has 2 aromatic rings. The molecule has 0 spiro atoms. The van der Waals surface area contributed by atoms with Gasteiger partial charge in [-0.15, -0.1) is 15.3 Å². The van der Waals surface area contributed by atoms with E-state index in [4.69, 9.17) is 16.5 Å². The minimum Gasteiger partial charge on any atom is -0.368 e. The van der Waals surface area contributed by atoms with Crippen LogP contribution in [0.2, 0.25) is 0 Å². The van der Waals surface area contributed by atoms with Crippen molar-refractivity contribution in [3.05, 3.63) is 16.3 Å².